The molecule has 1 aromatic carbocycles. The molecule has 0 spiro atoms. The Labute approximate surface area is 106 Å². The summed E-state index contributed by atoms with van der Waals surface area (Å²) < 4.78 is 2.10. The number of carbonyl (C=O) groups excluding carboxylic acids is 1. The van der Waals surface area contributed by atoms with Crippen molar-refractivity contribution >= 4 is 22.8 Å². The number of rotatable bonds is 1. The van der Waals surface area contributed by atoms with Crippen LogP contribution in [-0.4, -0.2) is 10.4 Å². The third-order valence-electron chi connectivity index (χ3n) is 3.55. The first-order chi connectivity index (χ1) is 8.66. The fourth-order valence-electron chi connectivity index (χ4n) is 2.51. The zero-order valence-electron chi connectivity index (χ0n) is 10.6. The van der Waals surface area contributed by atoms with Gasteiger partial charge in [0.2, 0.25) is 0 Å². The molecule has 0 amide bonds. The monoisotopic (exact) mass is 237 g/mol. The summed E-state index contributed by atoms with van der Waals surface area (Å²) in [7, 11) is 2.03. The molecule has 18 heavy (non-hydrogen) atoms. The van der Waals surface area contributed by atoms with Crippen LogP contribution in [0.25, 0.3) is 17.0 Å². The molecule has 0 unspecified atom stereocenters. The topological polar surface area (TPSA) is 22.0 Å². The second-order valence-corrected chi connectivity index (χ2v) is 4.82. The number of para-hydroxylation sites is 1. The van der Waals surface area contributed by atoms with E-state index < -0.39 is 0 Å². The summed E-state index contributed by atoms with van der Waals surface area (Å²) in [5.41, 5.74) is 3.19. The number of aromatic nitrogens is 1. The number of ketones is 1. The molecule has 3 rings (SSSR count). The van der Waals surface area contributed by atoms with Gasteiger partial charge in [-0.3, -0.25) is 4.79 Å². The minimum absolute atomic E-state index is 0.135. The molecule has 0 bridgehead atoms. The maximum atomic E-state index is 11.8. The molecule has 0 aliphatic heterocycles. The van der Waals surface area contributed by atoms with E-state index in [0.717, 1.165) is 11.1 Å². The highest BCUT2D eigenvalue weighted by Crippen LogP contribution is 2.27. The standard InChI is InChI=1S/C16H15NO/c1-11-7-8-16(18)14(11)9-12-10-17(2)15-6-4-3-5-13(12)15/h3-11H,1-2H3/b14-9+/t11-/m0/s1. The van der Waals surface area contributed by atoms with E-state index in [1.165, 1.54) is 10.9 Å². The maximum absolute atomic E-state index is 11.8. The largest absolute Gasteiger partial charge is 0.350 e. The molecule has 0 N–H and O–H groups in total. The van der Waals surface area contributed by atoms with Crippen LogP contribution in [-0.2, 0) is 11.8 Å². The van der Waals surface area contributed by atoms with Gasteiger partial charge in [0.05, 0.1) is 0 Å². The van der Waals surface area contributed by atoms with E-state index in [9.17, 15) is 4.79 Å². The van der Waals surface area contributed by atoms with Crippen LogP contribution in [0.1, 0.15) is 12.5 Å². The molecule has 2 heteroatoms. The quantitative estimate of drug-likeness (QED) is 0.697. The van der Waals surface area contributed by atoms with Crippen molar-refractivity contribution < 1.29 is 4.79 Å². The number of aryl methyl sites for hydroxylation is 1. The average molecular weight is 237 g/mol. The number of hydrogen-bond acceptors (Lipinski definition) is 1. The van der Waals surface area contributed by atoms with Gasteiger partial charge in [0.25, 0.3) is 0 Å². The first kappa shape index (κ1) is 11.0. The van der Waals surface area contributed by atoms with Gasteiger partial charge in [0, 0.05) is 41.2 Å². The lowest BCUT2D eigenvalue weighted by Crippen LogP contribution is -1.98. The Bertz CT molecular complexity index is 688. The minimum Gasteiger partial charge on any atom is -0.350 e. The molecule has 1 atom stereocenters. The molecule has 2 aromatic rings. The summed E-state index contributed by atoms with van der Waals surface area (Å²) >= 11 is 0. The summed E-state index contributed by atoms with van der Waals surface area (Å²) in [5, 5.41) is 1.19. The van der Waals surface area contributed by atoms with Crippen LogP contribution in [0.5, 0.6) is 0 Å². The Morgan fingerprint density at radius 1 is 1.28 bits per heavy atom. The molecule has 0 saturated heterocycles. The molecule has 0 saturated carbocycles. The van der Waals surface area contributed by atoms with Crippen molar-refractivity contribution in [3.05, 3.63) is 53.8 Å². The fourth-order valence-corrected chi connectivity index (χ4v) is 2.51. The van der Waals surface area contributed by atoms with Gasteiger partial charge < -0.3 is 4.57 Å². The molecule has 0 fully saturated rings. The summed E-state index contributed by atoms with van der Waals surface area (Å²) in [6, 6.07) is 8.25. The second kappa shape index (κ2) is 3.98. The average Bonchev–Trinajstić information content (AvgIpc) is 2.86. The molecule has 2 nitrogen and oxygen atoms in total. The van der Waals surface area contributed by atoms with Crippen molar-refractivity contribution in [2.24, 2.45) is 13.0 Å². The first-order valence-corrected chi connectivity index (χ1v) is 6.15. The normalized spacial score (nSPS) is 21.3. The lowest BCUT2D eigenvalue weighted by atomic mass is 10.0. The van der Waals surface area contributed by atoms with Gasteiger partial charge in [0.15, 0.2) is 5.78 Å². The summed E-state index contributed by atoms with van der Waals surface area (Å²) in [4.78, 5) is 11.8. The zero-order chi connectivity index (χ0) is 12.7. The van der Waals surface area contributed by atoms with Crippen molar-refractivity contribution in [3.63, 3.8) is 0 Å². The van der Waals surface area contributed by atoms with E-state index in [4.69, 9.17) is 0 Å². The molecule has 1 heterocycles. The van der Waals surface area contributed by atoms with E-state index in [-0.39, 0.29) is 11.7 Å². The molecular formula is C16H15NO. The highest BCUT2D eigenvalue weighted by atomic mass is 16.1. The molecule has 90 valence electrons. The summed E-state index contributed by atoms with van der Waals surface area (Å²) in [6.07, 6.45) is 7.73. The molecule has 1 aliphatic carbocycles. The number of carbonyl (C=O) groups is 1. The Morgan fingerprint density at radius 2 is 2.06 bits per heavy atom. The summed E-state index contributed by atoms with van der Waals surface area (Å²) in [5.74, 6) is 0.354. The van der Waals surface area contributed by atoms with E-state index in [2.05, 4.69) is 29.8 Å². The van der Waals surface area contributed by atoms with Gasteiger partial charge in [-0.15, -0.1) is 0 Å². The van der Waals surface area contributed by atoms with Crippen LogP contribution in [0.2, 0.25) is 0 Å². The number of fused-ring (bicyclic) bond motifs is 1. The summed E-state index contributed by atoms with van der Waals surface area (Å²) in [6.45, 7) is 2.05. The first-order valence-electron chi connectivity index (χ1n) is 6.15. The van der Waals surface area contributed by atoms with E-state index in [1.807, 2.05) is 31.3 Å². The maximum Gasteiger partial charge on any atom is 0.182 e. The smallest absolute Gasteiger partial charge is 0.182 e. The SMILES string of the molecule is C[C@H]1C=CC(=O)/C1=C/c1cn(C)c2ccccc12. The van der Waals surface area contributed by atoms with Crippen LogP contribution in [0.3, 0.4) is 0 Å². The zero-order valence-corrected chi connectivity index (χ0v) is 10.6. The van der Waals surface area contributed by atoms with E-state index in [1.54, 1.807) is 6.08 Å². The van der Waals surface area contributed by atoms with Crippen molar-refractivity contribution in [1.82, 2.24) is 4.57 Å². The third-order valence-corrected chi connectivity index (χ3v) is 3.55. The predicted molar refractivity (Wildman–Crippen MR) is 74.2 cm³/mol. The molecule has 1 aromatic heterocycles. The third kappa shape index (κ3) is 1.61. The Balaban J connectivity index is 2.16. The molecule has 1 aliphatic rings. The Hall–Kier alpha value is -2.09. The fraction of sp³-hybridized carbons (Fsp3) is 0.188. The lowest BCUT2D eigenvalue weighted by Gasteiger charge is -2.02. The van der Waals surface area contributed by atoms with Crippen LogP contribution < -0.4 is 0 Å². The highest BCUT2D eigenvalue weighted by molar-refractivity contribution is 6.11. The lowest BCUT2D eigenvalue weighted by molar-refractivity contribution is -0.111. The van der Waals surface area contributed by atoms with Gasteiger partial charge in [-0.2, -0.15) is 0 Å². The van der Waals surface area contributed by atoms with Crippen molar-refractivity contribution in [3.8, 4) is 0 Å². The predicted octanol–water partition coefficient (Wildman–Crippen LogP) is 3.34. The van der Waals surface area contributed by atoms with Crippen LogP contribution in [0, 0.1) is 5.92 Å². The Morgan fingerprint density at radius 3 is 2.78 bits per heavy atom. The van der Waals surface area contributed by atoms with Gasteiger partial charge in [-0.05, 0) is 18.2 Å². The number of benzene rings is 1. The van der Waals surface area contributed by atoms with Gasteiger partial charge >= 0.3 is 0 Å². The highest BCUT2D eigenvalue weighted by Gasteiger charge is 2.19. The van der Waals surface area contributed by atoms with Crippen molar-refractivity contribution in [2.45, 2.75) is 6.92 Å². The van der Waals surface area contributed by atoms with E-state index in [0.29, 0.717) is 0 Å². The van der Waals surface area contributed by atoms with Gasteiger partial charge in [0.1, 0.15) is 0 Å². The molecule has 0 radical (unpaired) electrons. The van der Waals surface area contributed by atoms with Gasteiger partial charge in [-0.1, -0.05) is 31.2 Å². The van der Waals surface area contributed by atoms with Crippen molar-refractivity contribution in [2.75, 3.05) is 0 Å². The van der Waals surface area contributed by atoms with Crippen molar-refractivity contribution in [1.29, 1.82) is 0 Å². The number of nitrogens with zero attached hydrogens (tertiary/aromatic N) is 1. The van der Waals surface area contributed by atoms with Crippen LogP contribution in [0.15, 0.2) is 48.2 Å². The minimum atomic E-state index is 0.135. The van der Waals surface area contributed by atoms with Crippen LogP contribution in [0.4, 0.5) is 0 Å². The van der Waals surface area contributed by atoms with Crippen LogP contribution >= 0.6 is 0 Å². The number of hydrogen-bond donors (Lipinski definition) is 0. The van der Waals surface area contributed by atoms with Gasteiger partial charge in [-0.25, -0.2) is 0 Å². The second-order valence-electron chi connectivity index (χ2n) is 4.82. The molecular weight excluding hydrogens is 222 g/mol. The number of allylic oxidation sites excluding steroid dienone is 3. The van der Waals surface area contributed by atoms with E-state index >= 15 is 0 Å². The Kier molecular flexibility index (Phi) is 2.44.